The van der Waals surface area contributed by atoms with E-state index in [2.05, 4.69) is 106 Å². The van der Waals surface area contributed by atoms with Gasteiger partial charge in [0.15, 0.2) is 19.2 Å². The third-order valence-electron chi connectivity index (χ3n) is 13.4. The molecule has 368 valence electrons. The molecule has 4 aliphatic heterocycles. The Morgan fingerprint density at radius 2 is 1.80 bits per heavy atom. The van der Waals surface area contributed by atoms with E-state index in [0.29, 0.717) is 10.2 Å². The van der Waals surface area contributed by atoms with Crippen molar-refractivity contribution in [2.45, 2.75) is 97.7 Å². The van der Waals surface area contributed by atoms with Crippen molar-refractivity contribution in [3.05, 3.63) is 109 Å². The van der Waals surface area contributed by atoms with E-state index in [4.69, 9.17) is 26.7 Å². The molecule has 2 aromatic heterocycles. The Hall–Kier alpha value is -3.26. The van der Waals surface area contributed by atoms with E-state index >= 15 is 0 Å². The number of hydrogen-bond acceptors (Lipinski definition) is 18. The topological polar surface area (TPSA) is 142 Å². The first-order valence-corrected chi connectivity index (χ1v) is 28.5. The van der Waals surface area contributed by atoms with E-state index in [1.54, 1.807) is 46.2 Å². The maximum atomic E-state index is 12.7. The van der Waals surface area contributed by atoms with Crippen LogP contribution in [-0.4, -0.2) is 65.3 Å². The molecular formula is C49H52ClN6O8S6+. The average Bonchev–Trinajstić information content (AvgIpc) is 3.61. The quantitative estimate of drug-likeness (QED) is 0.00867. The Bertz CT molecular complexity index is 2940. The van der Waals surface area contributed by atoms with Crippen LogP contribution in [0.15, 0.2) is 97.5 Å². The van der Waals surface area contributed by atoms with E-state index in [0.717, 1.165) is 166 Å². The van der Waals surface area contributed by atoms with Gasteiger partial charge >= 0.3 is 6.41 Å². The number of quaternary nitrogens is 1. The zero-order valence-electron chi connectivity index (χ0n) is 38.5. The molecule has 6 aromatic rings. The summed E-state index contributed by atoms with van der Waals surface area (Å²) in [5, 5.41) is 31.2. The van der Waals surface area contributed by atoms with Gasteiger partial charge in [0.25, 0.3) is 10.7 Å². The minimum Gasteiger partial charge on any atom is -0.691 e. The van der Waals surface area contributed by atoms with Crippen LogP contribution in [-0.2, 0) is 41.3 Å². The summed E-state index contributed by atoms with van der Waals surface area (Å²) in [6, 6.07) is 25.3. The first-order chi connectivity index (χ1) is 34.2. The molecular weight excluding hydrogens is 1030 g/mol. The highest BCUT2D eigenvalue weighted by atomic mass is 35.5. The van der Waals surface area contributed by atoms with E-state index in [9.17, 15) is 10.1 Å². The molecule has 4 aliphatic rings. The first-order valence-electron chi connectivity index (χ1n) is 23.2. The number of thioether (sulfide) groups is 2. The molecule has 14 nitrogen and oxygen atoms in total. The lowest BCUT2D eigenvalue weighted by Crippen LogP contribution is -2.65. The van der Waals surface area contributed by atoms with Crippen molar-refractivity contribution in [3.8, 4) is 0 Å². The highest BCUT2D eigenvalue weighted by Crippen LogP contribution is 2.51. The number of hydrogen-bond donors (Lipinski definition) is 2. The van der Waals surface area contributed by atoms with Gasteiger partial charge in [0.2, 0.25) is 5.52 Å². The molecule has 1 spiro atoms. The van der Waals surface area contributed by atoms with E-state index in [-0.39, 0.29) is 11.8 Å². The van der Waals surface area contributed by atoms with Crippen molar-refractivity contribution in [1.82, 2.24) is 10.5 Å². The number of aromatic nitrogens is 2. The fraction of sp³-hybridized carbons (Fsp3) is 0.367. The molecule has 3 unspecified atom stereocenters. The second kappa shape index (κ2) is 22.5. The van der Waals surface area contributed by atoms with Crippen LogP contribution in [0.3, 0.4) is 0 Å². The second-order valence-corrected chi connectivity index (χ2v) is 24.1. The van der Waals surface area contributed by atoms with Gasteiger partial charge in [-0.2, -0.15) is 8.90 Å². The molecule has 0 radical (unpaired) electrons. The Morgan fingerprint density at radius 1 is 0.957 bits per heavy atom. The lowest BCUT2D eigenvalue weighted by molar-refractivity contribution is -0.777. The predicted molar refractivity (Wildman–Crippen MR) is 280 cm³/mol. The molecule has 6 heterocycles. The molecule has 10 rings (SSSR count). The zero-order chi connectivity index (χ0) is 48.2. The number of hydroxylamine groups is 1. The molecule has 70 heavy (non-hydrogen) atoms. The molecule has 0 bridgehead atoms. The summed E-state index contributed by atoms with van der Waals surface area (Å²) >= 11 is 15.5. The highest BCUT2D eigenvalue weighted by molar-refractivity contribution is 8.04. The van der Waals surface area contributed by atoms with Crippen LogP contribution in [0.5, 0.6) is 0 Å². The van der Waals surface area contributed by atoms with Crippen LogP contribution >= 0.6 is 81.9 Å². The number of fused-ring (bicyclic) bond motifs is 4. The number of amides is 1. The number of benzene rings is 4. The Morgan fingerprint density at radius 3 is 2.64 bits per heavy atom. The number of anilines is 2. The number of thiazole rings is 2. The number of halogens is 1. The normalized spacial score (nSPS) is 21.5. The molecule has 0 aliphatic carbocycles. The molecule has 21 heteroatoms. The van der Waals surface area contributed by atoms with E-state index in [1.807, 2.05) is 31.3 Å². The van der Waals surface area contributed by atoms with Gasteiger partial charge in [0.1, 0.15) is 9.71 Å². The first kappa shape index (κ1) is 50.3. The van der Waals surface area contributed by atoms with Crippen molar-refractivity contribution in [2.75, 3.05) is 42.2 Å². The van der Waals surface area contributed by atoms with Crippen LogP contribution < -0.4 is 25.1 Å². The van der Waals surface area contributed by atoms with Crippen molar-refractivity contribution in [1.29, 1.82) is 0 Å². The molecule has 2 saturated heterocycles. The Balaban J connectivity index is 0.695. The van der Waals surface area contributed by atoms with Crippen molar-refractivity contribution >= 4 is 132 Å². The van der Waals surface area contributed by atoms with Crippen molar-refractivity contribution < 1.29 is 47.9 Å². The van der Waals surface area contributed by atoms with E-state index in [1.165, 1.54) is 31.4 Å². The van der Waals surface area contributed by atoms with Gasteiger partial charge in [-0.15, -0.1) is 21.2 Å². The summed E-state index contributed by atoms with van der Waals surface area (Å²) in [6.45, 7) is 5.34. The molecule has 3 atom stereocenters. The third kappa shape index (κ3) is 10.7. The number of rotatable bonds is 24. The number of unbranched alkanes of at least 4 members (excludes halogenated alkanes) is 4. The smallest absolute Gasteiger partial charge is 0.303 e. The molecule has 0 saturated carbocycles. The van der Waals surface area contributed by atoms with Crippen LogP contribution in [0.25, 0.3) is 32.6 Å². The zero-order valence-corrected chi connectivity index (χ0v) is 44.2. The van der Waals surface area contributed by atoms with Gasteiger partial charge < -0.3 is 15.1 Å². The standard InChI is InChI=1S/C49H51ClN6O8S6/c1-32-12-16-42-38(24-32)55(21-9-23-65-63-61-58)48(68-42)29-47-54(39-26-34(50)14-18-43(39)69-47)20-7-3-6-11-44-49(52-60-44)30-56(49,31-57)22-8-4-5-10-33-13-17-40-36(25-33)51-45(66-40)28-46-53(2)37-27-35(70-64-62-59)15-19-41(37)67-46/h12-19,24-29,31,44,52H,3-11,20-23,30H2,1-2H3/p+1. The molecule has 4 aromatic carbocycles. The summed E-state index contributed by atoms with van der Waals surface area (Å²) < 4.78 is 14.3. The maximum Gasteiger partial charge on any atom is 0.303 e. The van der Waals surface area contributed by atoms with Gasteiger partial charge in [-0.05, 0) is 118 Å². The third-order valence-corrected chi connectivity index (χ3v) is 19.2. The highest BCUT2D eigenvalue weighted by Gasteiger charge is 2.79. The Kier molecular flexibility index (Phi) is 16.1. The molecule has 2 N–H and O–H groups in total. The van der Waals surface area contributed by atoms with Crippen molar-refractivity contribution in [3.63, 3.8) is 0 Å². The van der Waals surface area contributed by atoms with Crippen LogP contribution in [0.2, 0.25) is 5.02 Å². The van der Waals surface area contributed by atoms with Crippen LogP contribution in [0.1, 0.15) is 72.5 Å². The number of nitrogens with one attached hydrogen (secondary N) is 1. The summed E-state index contributed by atoms with van der Waals surface area (Å²) in [4.78, 5) is 31.3. The second-order valence-electron chi connectivity index (χ2n) is 17.9. The van der Waals surface area contributed by atoms with Gasteiger partial charge in [0.05, 0.1) is 56.3 Å². The van der Waals surface area contributed by atoms with Gasteiger partial charge in [-0.25, -0.2) is 19.5 Å². The molecule has 2 fully saturated rings. The largest absolute Gasteiger partial charge is 0.691 e. The lowest BCUT2D eigenvalue weighted by Gasteiger charge is -2.37. The minimum atomic E-state index is -0.295. The fourth-order valence-corrected chi connectivity index (χ4v) is 14.9. The van der Waals surface area contributed by atoms with Gasteiger partial charge in [-0.3, -0.25) is 9.88 Å². The SMILES string of the molecule is Cc1ccc2c(c1)N(CCCSOO[O-])C(=Cc1sc3ccc(Cl)cc3[n+]1CCCCCC1ONC13C[N+]3(C=O)CCCCCc1ccc3sc(C=C4Sc5ccc(SOOO)cc5N4C)nc3c1)S2. The Labute approximate surface area is 436 Å². The average molecular weight is 1080 g/mol. The molecule has 1 amide bonds. The van der Waals surface area contributed by atoms with E-state index < -0.39 is 0 Å². The van der Waals surface area contributed by atoms with Gasteiger partial charge in [-0.1, -0.05) is 70.1 Å². The number of aryl methyl sites for hydroxylation is 3. The van der Waals surface area contributed by atoms with Crippen molar-refractivity contribution in [2.24, 2.45) is 0 Å². The maximum absolute atomic E-state index is 12.7. The van der Waals surface area contributed by atoms with Gasteiger partial charge in [0, 0.05) is 69.7 Å². The summed E-state index contributed by atoms with van der Waals surface area (Å²) in [5.41, 5.74) is 9.82. The van der Waals surface area contributed by atoms with Crippen LogP contribution in [0.4, 0.5) is 11.4 Å². The lowest BCUT2D eigenvalue weighted by atomic mass is 10.0. The number of nitrogens with zero attached hydrogens (tertiary/aromatic N) is 5. The number of carbonyl (C=O) groups excluding carboxylic acids is 1. The minimum absolute atomic E-state index is 0.0215. The predicted octanol–water partition coefficient (Wildman–Crippen LogP) is 11.5. The monoisotopic (exact) mass is 1080 g/mol. The number of carbonyl (C=O) groups is 1. The summed E-state index contributed by atoms with van der Waals surface area (Å²) in [5.74, 6) is 0.632. The fourth-order valence-electron chi connectivity index (χ4n) is 9.72. The summed E-state index contributed by atoms with van der Waals surface area (Å²) in [7, 11) is 2.03. The summed E-state index contributed by atoms with van der Waals surface area (Å²) in [6.07, 6.45) is 14.4. The van der Waals surface area contributed by atoms with Crippen LogP contribution in [0, 0.1) is 6.92 Å².